The van der Waals surface area contributed by atoms with Crippen molar-refractivity contribution in [2.24, 2.45) is 0 Å². The van der Waals surface area contributed by atoms with Crippen molar-refractivity contribution in [2.45, 2.75) is 25.5 Å². The van der Waals surface area contributed by atoms with Gasteiger partial charge in [0.15, 0.2) is 0 Å². The van der Waals surface area contributed by atoms with Gasteiger partial charge in [0.1, 0.15) is 11.6 Å². The van der Waals surface area contributed by atoms with E-state index in [1.807, 2.05) is 6.07 Å². The number of ether oxygens (including phenoxy) is 1. The molecule has 3 rings (SSSR count). The van der Waals surface area contributed by atoms with Crippen LogP contribution in [0.4, 0.5) is 18.9 Å². The smallest absolute Gasteiger partial charge is 0.387 e. The molecule has 0 bridgehead atoms. The first-order valence-electron chi connectivity index (χ1n) is 6.73. The lowest BCUT2D eigenvalue weighted by Gasteiger charge is -2.18. The molecule has 1 aliphatic carbocycles. The zero-order chi connectivity index (χ0) is 14.8. The molecule has 0 aromatic heterocycles. The van der Waals surface area contributed by atoms with Gasteiger partial charge in [0.25, 0.3) is 0 Å². The maximum absolute atomic E-state index is 13.7. The van der Waals surface area contributed by atoms with Gasteiger partial charge in [0.2, 0.25) is 0 Å². The van der Waals surface area contributed by atoms with Crippen molar-refractivity contribution in [3.63, 3.8) is 0 Å². The number of para-hydroxylation sites is 2. The minimum Gasteiger partial charge on any atom is -0.433 e. The monoisotopic (exact) mass is 293 g/mol. The van der Waals surface area contributed by atoms with Crippen LogP contribution in [0.3, 0.4) is 0 Å². The average molecular weight is 293 g/mol. The molecule has 0 amide bonds. The van der Waals surface area contributed by atoms with Crippen LogP contribution in [-0.4, -0.2) is 6.61 Å². The number of fused-ring (bicyclic) bond motifs is 1. The fourth-order valence-electron chi connectivity index (χ4n) is 2.73. The molecule has 21 heavy (non-hydrogen) atoms. The van der Waals surface area contributed by atoms with E-state index < -0.39 is 6.61 Å². The molecule has 2 aromatic carbocycles. The van der Waals surface area contributed by atoms with Crippen molar-refractivity contribution in [3.05, 3.63) is 59.4 Å². The zero-order valence-electron chi connectivity index (χ0n) is 11.2. The molecular formula is C16H14F3NO. The van der Waals surface area contributed by atoms with Gasteiger partial charge in [-0.05, 0) is 42.2 Å². The maximum Gasteiger partial charge on any atom is 0.387 e. The largest absolute Gasteiger partial charge is 0.433 e. The number of alkyl halides is 2. The summed E-state index contributed by atoms with van der Waals surface area (Å²) in [7, 11) is 0. The molecule has 110 valence electrons. The number of rotatable bonds is 4. The third-order valence-electron chi connectivity index (χ3n) is 3.65. The van der Waals surface area contributed by atoms with E-state index in [4.69, 9.17) is 0 Å². The van der Waals surface area contributed by atoms with Gasteiger partial charge in [-0.1, -0.05) is 24.3 Å². The fraction of sp³-hybridized carbons (Fsp3) is 0.250. The van der Waals surface area contributed by atoms with Crippen molar-refractivity contribution in [1.29, 1.82) is 0 Å². The van der Waals surface area contributed by atoms with Gasteiger partial charge >= 0.3 is 6.61 Å². The topological polar surface area (TPSA) is 21.3 Å². The lowest BCUT2D eigenvalue weighted by molar-refractivity contribution is -0.0493. The molecule has 5 heteroatoms. The summed E-state index contributed by atoms with van der Waals surface area (Å²) in [5.41, 5.74) is 2.06. The van der Waals surface area contributed by atoms with Gasteiger partial charge in [-0.25, -0.2) is 4.39 Å². The fourth-order valence-corrected chi connectivity index (χ4v) is 2.73. The van der Waals surface area contributed by atoms with Crippen molar-refractivity contribution < 1.29 is 17.9 Å². The predicted octanol–water partition coefficient (Wildman–Crippen LogP) is 4.53. The summed E-state index contributed by atoms with van der Waals surface area (Å²) in [5, 5.41) is 3.17. The molecule has 0 spiro atoms. The Morgan fingerprint density at radius 3 is 2.71 bits per heavy atom. The third-order valence-corrected chi connectivity index (χ3v) is 3.65. The second kappa shape index (κ2) is 5.68. The van der Waals surface area contributed by atoms with E-state index in [-0.39, 0.29) is 17.6 Å². The highest BCUT2D eigenvalue weighted by Gasteiger charge is 2.25. The molecule has 1 N–H and O–H groups in total. The molecule has 1 aliphatic rings. The summed E-state index contributed by atoms with van der Waals surface area (Å²) >= 11 is 0. The Bertz CT molecular complexity index is 645. The highest BCUT2D eigenvalue weighted by molar-refractivity contribution is 5.58. The van der Waals surface area contributed by atoms with Gasteiger partial charge in [-0.2, -0.15) is 8.78 Å². The normalized spacial score (nSPS) is 16.9. The Morgan fingerprint density at radius 2 is 1.90 bits per heavy atom. The van der Waals surface area contributed by atoms with Crippen LogP contribution in [0.25, 0.3) is 0 Å². The van der Waals surface area contributed by atoms with E-state index in [1.165, 1.54) is 12.1 Å². The predicted molar refractivity (Wildman–Crippen MR) is 74.2 cm³/mol. The Labute approximate surface area is 120 Å². The van der Waals surface area contributed by atoms with Crippen molar-refractivity contribution in [2.75, 3.05) is 5.32 Å². The first-order valence-corrected chi connectivity index (χ1v) is 6.73. The molecule has 0 saturated carbocycles. The first-order chi connectivity index (χ1) is 10.1. The van der Waals surface area contributed by atoms with Gasteiger partial charge in [0.05, 0.1) is 11.7 Å². The Hall–Kier alpha value is -2.17. The summed E-state index contributed by atoms with van der Waals surface area (Å²) in [6, 6.07) is 11.4. The molecule has 0 heterocycles. The summed E-state index contributed by atoms with van der Waals surface area (Å²) in [6.07, 6.45) is 1.36. The Morgan fingerprint density at radius 1 is 1.10 bits per heavy atom. The molecule has 0 fully saturated rings. The van der Waals surface area contributed by atoms with Gasteiger partial charge < -0.3 is 10.1 Å². The summed E-state index contributed by atoms with van der Waals surface area (Å²) in [5.74, 6) is -0.119. The third kappa shape index (κ3) is 2.82. The minimum absolute atomic E-state index is 0.0948. The van der Waals surface area contributed by atoms with Gasteiger partial charge in [-0.3, -0.25) is 0 Å². The standard InChI is InChI=1S/C16H14F3NO/c17-12-5-3-4-11-10(12)8-9-13(11)20-14-6-1-2-7-15(14)21-16(18)19/h1-7,13,16,20H,8-9H2. The van der Waals surface area contributed by atoms with Crippen LogP contribution in [0, 0.1) is 5.82 Å². The minimum atomic E-state index is -2.87. The van der Waals surface area contributed by atoms with Crippen LogP contribution in [0.5, 0.6) is 5.75 Å². The van der Waals surface area contributed by atoms with E-state index in [2.05, 4.69) is 10.1 Å². The van der Waals surface area contributed by atoms with Gasteiger partial charge in [0, 0.05) is 0 Å². The van der Waals surface area contributed by atoms with Gasteiger partial charge in [-0.15, -0.1) is 0 Å². The molecule has 2 aromatic rings. The van der Waals surface area contributed by atoms with E-state index in [1.54, 1.807) is 24.3 Å². The van der Waals surface area contributed by atoms with Crippen molar-refractivity contribution >= 4 is 5.69 Å². The van der Waals surface area contributed by atoms with Crippen molar-refractivity contribution in [3.8, 4) is 5.75 Å². The van der Waals surface area contributed by atoms with Crippen molar-refractivity contribution in [1.82, 2.24) is 0 Å². The Kier molecular flexibility index (Phi) is 3.73. The van der Waals surface area contributed by atoms with Crippen LogP contribution in [0.15, 0.2) is 42.5 Å². The van der Waals surface area contributed by atoms with E-state index in [0.717, 1.165) is 12.0 Å². The second-order valence-electron chi connectivity index (χ2n) is 4.92. The highest BCUT2D eigenvalue weighted by atomic mass is 19.3. The molecule has 0 saturated heterocycles. The summed E-state index contributed by atoms with van der Waals surface area (Å²) in [4.78, 5) is 0. The molecule has 0 radical (unpaired) electrons. The first kappa shape index (κ1) is 13.8. The zero-order valence-corrected chi connectivity index (χ0v) is 11.2. The molecule has 0 aliphatic heterocycles. The molecule has 1 atom stereocenters. The number of nitrogens with one attached hydrogen (secondary N) is 1. The maximum atomic E-state index is 13.7. The number of halogens is 3. The summed E-state index contributed by atoms with van der Waals surface area (Å²) < 4.78 is 43.0. The SMILES string of the molecule is Fc1cccc2c1CCC2Nc1ccccc1OC(F)F. The van der Waals surface area contributed by atoms with Crippen LogP contribution < -0.4 is 10.1 Å². The average Bonchev–Trinajstić information content (AvgIpc) is 2.85. The highest BCUT2D eigenvalue weighted by Crippen LogP contribution is 2.37. The molecular weight excluding hydrogens is 279 g/mol. The number of hydrogen-bond acceptors (Lipinski definition) is 2. The quantitative estimate of drug-likeness (QED) is 0.894. The second-order valence-corrected chi connectivity index (χ2v) is 4.92. The number of anilines is 1. The van der Waals surface area contributed by atoms with Crippen LogP contribution >= 0.6 is 0 Å². The number of benzene rings is 2. The van der Waals surface area contributed by atoms with Crippen LogP contribution in [0.2, 0.25) is 0 Å². The van der Waals surface area contributed by atoms with E-state index >= 15 is 0 Å². The number of hydrogen-bond donors (Lipinski definition) is 1. The lowest BCUT2D eigenvalue weighted by Crippen LogP contribution is -2.10. The lowest BCUT2D eigenvalue weighted by atomic mass is 10.1. The summed E-state index contributed by atoms with van der Waals surface area (Å²) in [6.45, 7) is -2.87. The van der Waals surface area contributed by atoms with Crippen LogP contribution in [0.1, 0.15) is 23.6 Å². The van der Waals surface area contributed by atoms with Crippen LogP contribution in [-0.2, 0) is 6.42 Å². The van der Waals surface area contributed by atoms with E-state index in [0.29, 0.717) is 17.7 Å². The molecule has 2 nitrogen and oxygen atoms in total. The Balaban J connectivity index is 1.85. The molecule has 1 unspecified atom stereocenters. The van der Waals surface area contributed by atoms with E-state index in [9.17, 15) is 13.2 Å².